The Balaban J connectivity index is 2.31. The van der Waals surface area contributed by atoms with E-state index >= 15 is 0 Å². The van der Waals surface area contributed by atoms with Gasteiger partial charge in [-0.15, -0.1) is 0 Å². The average Bonchev–Trinajstić information content (AvgIpc) is 2.53. The third kappa shape index (κ3) is 4.43. The summed E-state index contributed by atoms with van der Waals surface area (Å²) < 4.78 is 31.9. The van der Waals surface area contributed by atoms with E-state index in [2.05, 4.69) is 9.46 Å². The van der Waals surface area contributed by atoms with Crippen LogP contribution in [0.15, 0.2) is 59.5 Å². The van der Waals surface area contributed by atoms with Gasteiger partial charge >= 0.3 is 5.97 Å². The van der Waals surface area contributed by atoms with Gasteiger partial charge in [-0.2, -0.15) is 0 Å². The molecule has 6 heteroatoms. The standard InChI is InChI=1S/C17H17NO4S/c1-13-7-10-15(11-8-13)23(20,21)18-16-6-4-3-5-14(16)9-12-17(19)22-2/h3-12,18H,1-2H3. The van der Waals surface area contributed by atoms with E-state index in [4.69, 9.17) is 0 Å². The zero-order valence-electron chi connectivity index (χ0n) is 12.8. The molecule has 0 amide bonds. The van der Waals surface area contributed by atoms with Gasteiger partial charge in [-0.05, 0) is 36.8 Å². The fraction of sp³-hybridized carbons (Fsp3) is 0.118. The maximum absolute atomic E-state index is 12.4. The summed E-state index contributed by atoms with van der Waals surface area (Å²) in [6.07, 6.45) is 2.73. The van der Waals surface area contributed by atoms with Crippen LogP contribution < -0.4 is 4.72 Å². The summed E-state index contributed by atoms with van der Waals surface area (Å²) in [6.45, 7) is 1.89. The first-order valence-electron chi connectivity index (χ1n) is 6.87. The Morgan fingerprint density at radius 1 is 1.09 bits per heavy atom. The van der Waals surface area contributed by atoms with Crippen molar-refractivity contribution in [2.45, 2.75) is 11.8 Å². The van der Waals surface area contributed by atoms with Crippen molar-refractivity contribution < 1.29 is 17.9 Å². The van der Waals surface area contributed by atoms with E-state index in [1.807, 2.05) is 6.92 Å². The number of hydrogen-bond acceptors (Lipinski definition) is 4. The molecular formula is C17H17NO4S. The largest absolute Gasteiger partial charge is 0.466 e. The Hall–Kier alpha value is -2.60. The molecule has 23 heavy (non-hydrogen) atoms. The number of ether oxygens (including phenoxy) is 1. The SMILES string of the molecule is COC(=O)C=Cc1ccccc1NS(=O)(=O)c1ccc(C)cc1. The molecule has 1 N–H and O–H groups in total. The van der Waals surface area contributed by atoms with E-state index < -0.39 is 16.0 Å². The maximum Gasteiger partial charge on any atom is 0.330 e. The number of sulfonamides is 1. The first-order chi connectivity index (χ1) is 10.9. The average molecular weight is 331 g/mol. The smallest absolute Gasteiger partial charge is 0.330 e. The number of benzene rings is 2. The summed E-state index contributed by atoms with van der Waals surface area (Å²) >= 11 is 0. The number of anilines is 1. The molecular weight excluding hydrogens is 314 g/mol. The molecule has 0 atom stereocenters. The minimum atomic E-state index is -3.70. The van der Waals surface area contributed by atoms with Gasteiger partial charge in [0.2, 0.25) is 0 Å². The van der Waals surface area contributed by atoms with Gasteiger partial charge in [-0.1, -0.05) is 35.9 Å². The lowest BCUT2D eigenvalue weighted by Gasteiger charge is -2.11. The highest BCUT2D eigenvalue weighted by Crippen LogP contribution is 2.21. The molecule has 0 aliphatic heterocycles. The van der Waals surface area contributed by atoms with Crippen LogP contribution in [0, 0.1) is 6.92 Å². The molecule has 0 unspecified atom stereocenters. The monoisotopic (exact) mass is 331 g/mol. The van der Waals surface area contributed by atoms with Crippen molar-refractivity contribution in [1.82, 2.24) is 0 Å². The first-order valence-corrected chi connectivity index (χ1v) is 8.35. The molecule has 0 saturated heterocycles. The number of methoxy groups -OCH3 is 1. The van der Waals surface area contributed by atoms with Gasteiger partial charge in [0.15, 0.2) is 0 Å². The predicted molar refractivity (Wildman–Crippen MR) is 89.5 cm³/mol. The van der Waals surface area contributed by atoms with E-state index in [0.29, 0.717) is 11.3 Å². The second-order valence-corrected chi connectivity index (χ2v) is 6.54. The van der Waals surface area contributed by atoms with Crippen LogP contribution in [0.3, 0.4) is 0 Å². The summed E-state index contributed by atoms with van der Waals surface area (Å²) in [5.74, 6) is -0.513. The number of para-hydroxylation sites is 1. The molecule has 2 rings (SSSR count). The van der Waals surface area contributed by atoms with Crippen molar-refractivity contribution in [2.75, 3.05) is 11.8 Å². The van der Waals surface area contributed by atoms with Crippen molar-refractivity contribution in [3.63, 3.8) is 0 Å². The predicted octanol–water partition coefficient (Wildman–Crippen LogP) is 2.98. The Kier molecular flexibility index (Phi) is 5.18. The zero-order chi connectivity index (χ0) is 16.9. The molecule has 5 nitrogen and oxygen atoms in total. The number of rotatable bonds is 5. The number of carbonyl (C=O) groups excluding carboxylic acids is 1. The highest BCUT2D eigenvalue weighted by Gasteiger charge is 2.15. The molecule has 0 spiro atoms. The molecule has 0 fully saturated rings. The third-order valence-electron chi connectivity index (χ3n) is 3.14. The van der Waals surface area contributed by atoms with Gasteiger partial charge in [0.05, 0.1) is 17.7 Å². The maximum atomic E-state index is 12.4. The lowest BCUT2D eigenvalue weighted by molar-refractivity contribution is -0.134. The molecule has 0 aromatic heterocycles. The van der Waals surface area contributed by atoms with Gasteiger partial charge in [0, 0.05) is 6.08 Å². The van der Waals surface area contributed by atoms with E-state index in [0.717, 1.165) is 5.56 Å². The number of carbonyl (C=O) groups is 1. The normalized spacial score (nSPS) is 11.4. The van der Waals surface area contributed by atoms with Crippen LogP contribution in [0.5, 0.6) is 0 Å². The van der Waals surface area contributed by atoms with Crippen LogP contribution >= 0.6 is 0 Å². The van der Waals surface area contributed by atoms with Gasteiger partial charge in [-0.25, -0.2) is 13.2 Å². The Labute approximate surface area is 135 Å². The van der Waals surface area contributed by atoms with Crippen molar-refractivity contribution in [2.24, 2.45) is 0 Å². The molecule has 2 aromatic rings. The van der Waals surface area contributed by atoms with Crippen molar-refractivity contribution >= 4 is 27.8 Å². The van der Waals surface area contributed by atoms with E-state index in [1.165, 1.54) is 19.3 Å². The van der Waals surface area contributed by atoms with Gasteiger partial charge in [0.25, 0.3) is 10.0 Å². The molecule has 0 heterocycles. The van der Waals surface area contributed by atoms with Crippen LogP contribution in [0.4, 0.5) is 5.69 Å². The fourth-order valence-electron chi connectivity index (χ4n) is 1.88. The second-order valence-electron chi connectivity index (χ2n) is 4.86. The summed E-state index contributed by atoms with van der Waals surface area (Å²) in [6, 6.07) is 13.3. The quantitative estimate of drug-likeness (QED) is 0.675. The molecule has 0 aliphatic rings. The Morgan fingerprint density at radius 2 is 1.74 bits per heavy atom. The first kappa shape index (κ1) is 16.8. The summed E-state index contributed by atoms with van der Waals surface area (Å²) in [4.78, 5) is 11.4. The van der Waals surface area contributed by atoms with Crippen LogP contribution in [-0.2, 0) is 19.6 Å². The minimum Gasteiger partial charge on any atom is -0.466 e. The summed E-state index contributed by atoms with van der Waals surface area (Å²) in [5, 5.41) is 0. The molecule has 2 aromatic carbocycles. The Bertz CT molecular complexity index is 824. The van der Waals surface area contributed by atoms with Crippen molar-refractivity contribution in [1.29, 1.82) is 0 Å². The van der Waals surface area contributed by atoms with Crippen molar-refractivity contribution in [3.05, 3.63) is 65.7 Å². The number of esters is 1. The van der Waals surface area contributed by atoms with Crippen molar-refractivity contribution in [3.8, 4) is 0 Å². The minimum absolute atomic E-state index is 0.176. The number of aryl methyl sites for hydroxylation is 1. The van der Waals surface area contributed by atoms with Crippen LogP contribution in [0.25, 0.3) is 6.08 Å². The second kappa shape index (κ2) is 7.11. The highest BCUT2D eigenvalue weighted by molar-refractivity contribution is 7.92. The van der Waals surface area contributed by atoms with Crippen LogP contribution in [0.1, 0.15) is 11.1 Å². The lowest BCUT2D eigenvalue weighted by atomic mass is 10.2. The van der Waals surface area contributed by atoms with Crippen LogP contribution in [-0.4, -0.2) is 21.5 Å². The van der Waals surface area contributed by atoms with Gasteiger partial charge < -0.3 is 4.74 Å². The number of nitrogens with one attached hydrogen (secondary N) is 1. The van der Waals surface area contributed by atoms with Crippen LogP contribution in [0.2, 0.25) is 0 Å². The Morgan fingerprint density at radius 3 is 2.39 bits per heavy atom. The summed E-state index contributed by atoms with van der Waals surface area (Å²) in [7, 11) is -2.42. The topological polar surface area (TPSA) is 72.5 Å². The number of hydrogen-bond donors (Lipinski definition) is 1. The molecule has 0 saturated carbocycles. The highest BCUT2D eigenvalue weighted by atomic mass is 32.2. The molecule has 0 bridgehead atoms. The molecule has 0 aliphatic carbocycles. The lowest BCUT2D eigenvalue weighted by Crippen LogP contribution is -2.13. The summed E-state index contributed by atoms with van der Waals surface area (Å²) in [5.41, 5.74) is 1.92. The van der Waals surface area contributed by atoms with E-state index in [9.17, 15) is 13.2 Å². The molecule has 120 valence electrons. The van der Waals surface area contributed by atoms with Gasteiger partial charge in [-0.3, -0.25) is 4.72 Å². The zero-order valence-corrected chi connectivity index (χ0v) is 13.6. The fourth-order valence-corrected chi connectivity index (χ4v) is 2.97. The van der Waals surface area contributed by atoms with E-state index in [-0.39, 0.29) is 4.90 Å². The van der Waals surface area contributed by atoms with Gasteiger partial charge in [0.1, 0.15) is 0 Å². The van der Waals surface area contributed by atoms with E-state index in [1.54, 1.807) is 48.5 Å². The molecule has 0 radical (unpaired) electrons. The third-order valence-corrected chi connectivity index (χ3v) is 4.52.